The molecule has 2 fully saturated rings. The van der Waals surface area contributed by atoms with Gasteiger partial charge in [0.1, 0.15) is 0 Å². The molecule has 1 unspecified atom stereocenters. The van der Waals surface area contributed by atoms with Crippen LogP contribution in [-0.4, -0.2) is 68.7 Å². The third-order valence-electron chi connectivity index (χ3n) is 8.88. The Morgan fingerprint density at radius 3 is 2.38 bits per heavy atom. The summed E-state index contributed by atoms with van der Waals surface area (Å²) in [5.74, 6) is 0.0758. The maximum atomic E-state index is 13.8. The smallest absolute Gasteiger partial charge is 0.289 e. The van der Waals surface area contributed by atoms with Crippen LogP contribution in [0, 0.1) is 10.1 Å². The molecule has 39 heavy (non-hydrogen) atoms. The molecule has 11 heteroatoms. The number of rotatable bonds is 7. The number of sulfonamides is 1. The van der Waals surface area contributed by atoms with Crippen molar-refractivity contribution in [3.05, 3.63) is 68.7 Å². The highest BCUT2D eigenvalue weighted by Crippen LogP contribution is 2.46. The van der Waals surface area contributed by atoms with E-state index in [1.165, 1.54) is 22.5 Å². The second kappa shape index (κ2) is 11.3. The van der Waals surface area contributed by atoms with Crippen LogP contribution in [0.25, 0.3) is 0 Å². The first-order valence-electron chi connectivity index (χ1n) is 13.6. The zero-order valence-electron chi connectivity index (χ0n) is 23.6. The van der Waals surface area contributed by atoms with Crippen molar-refractivity contribution in [2.45, 2.75) is 87.6 Å². The van der Waals surface area contributed by atoms with Gasteiger partial charge in [-0.1, -0.05) is 61.0 Å². The molecule has 0 radical (unpaired) electrons. The number of hydrogen-bond acceptors (Lipinski definition) is 6. The van der Waals surface area contributed by atoms with Gasteiger partial charge in [-0.3, -0.25) is 15.0 Å². The number of nitrogens with zero attached hydrogens (tertiary/aromatic N) is 3. The minimum Gasteiger partial charge on any atom is -0.415 e. The van der Waals surface area contributed by atoms with Crippen LogP contribution in [0.5, 0.6) is 0 Å². The van der Waals surface area contributed by atoms with Gasteiger partial charge in [0.05, 0.1) is 11.5 Å². The lowest BCUT2D eigenvalue weighted by atomic mass is 9.73. The van der Waals surface area contributed by atoms with E-state index in [0.29, 0.717) is 19.6 Å². The molecular weight excluding hydrogens is 598 g/mol. The molecule has 4 atom stereocenters. The van der Waals surface area contributed by atoms with Gasteiger partial charge >= 0.3 is 0 Å². The summed E-state index contributed by atoms with van der Waals surface area (Å²) >= 11 is 3.54. The monoisotopic (exact) mass is 637 g/mol. The van der Waals surface area contributed by atoms with Crippen molar-refractivity contribution in [1.29, 1.82) is 0 Å². The standard InChI is InChI=1S/C28H40BrN3O5SSi/c1-20-10-9-17-30(38(35,36)26-12-8-7-11-23(26)32(33)34)18-24-27(21-13-15-22(29)16-14-21)25(31(20)24)19-37-39(5,6)28(2,3)4/h7-8,11-16,20,24-25,27H,9-10,17-19H2,1-6H3/t20?,24-,25+,27+/m0/s1. The fraction of sp³-hybridized carbons (Fsp3) is 0.571. The van der Waals surface area contributed by atoms with E-state index < -0.39 is 23.3 Å². The van der Waals surface area contributed by atoms with Crippen LogP contribution in [-0.2, 0) is 14.4 Å². The molecule has 0 aliphatic carbocycles. The van der Waals surface area contributed by atoms with Gasteiger partial charge < -0.3 is 4.43 Å². The zero-order chi connectivity index (χ0) is 28.8. The van der Waals surface area contributed by atoms with Gasteiger partial charge in [0.2, 0.25) is 10.0 Å². The Hall–Kier alpha value is -1.63. The fourth-order valence-electron chi connectivity index (χ4n) is 5.66. The lowest BCUT2D eigenvalue weighted by Gasteiger charge is -2.60. The van der Waals surface area contributed by atoms with Crippen molar-refractivity contribution in [2.75, 3.05) is 19.7 Å². The van der Waals surface area contributed by atoms with Gasteiger partial charge in [0.15, 0.2) is 13.2 Å². The molecule has 2 aromatic carbocycles. The summed E-state index contributed by atoms with van der Waals surface area (Å²) in [6.07, 6.45) is 1.52. The normalized spacial score (nSPS) is 25.3. The van der Waals surface area contributed by atoms with Gasteiger partial charge in [-0.15, -0.1) is 0 Å². The topological polar surface area (TPSA) is 93.0 Å². The highest BCUT2D eigenvalue weighted by Gasteiger charge is 2.53. The molecule has 0 bridgehead atoms. The Bertz CT molecular complexity index is 1300. The van der Waals surface area contributed by atoms with Crippen LogP contribution < -0.4 is 0 Å². The summed E-state index contributed by atoms with van der Waals surface area (Å²) in [6.45, 7) is 14.6. The molecule has 2 aromatic rings. The molecule has 0 saturated carbocycles. The SMILES string of the molecule is CC1CCCN(S(=O)(=O)c2ccccc2[N+](=O)[O-])C[C@H]2[C@@H](c3ccc(Br)cc3)[C@@H](CO[Si](C)(C)C(C)(C)C)N12. The molecule has 2 aliphatic rings. The van der Waals surface area contributed by atoms with E-state index in [4.69, 9.17) is 4.43 Å². The molecule has 4 rings (SSSR count). The van der Waals surface area contributed by atoms with Crippen molar-refractivity contribution in [3.63, 3.8) is 0 Å². The van der Waals surface area contributed by atoms with Crippen LogP contribution in [0.2, 0.25) is 18.1 Å². The molecule has 0 amide bonds. The molecular formula is C28H40BrN3O5SSi. The summed E-state index contributed by atoms with van der Waals surface area (Å²) in [5.41, 5.74) is 0.766. The molecule has 0 aromatic heterocycles. The fourth-order valence-corrected chi connectivity index (χ4v) is 8.60. The van der Waals surface area contributed by atoms with E-state index in [9.17, 15) is 18.5 Å². The lowest BCUT2D eigenvalue weighted by molar-refractivity contribution is -0.387. The maximum Gasteiger partial charge on any atom is 0.289 e. The van der Waals surface area contributed by atoms with Crippen LogP contribution >= 0.6 is 15.9 Å². The zero-order valence-corrected chi connectivity index (χ0v) is 27.0. The van der Waals surface area contributed by atoms with E-state index in [-0.39, 0.29) is 46.2 Å². The minimum absolute atomic E-state index is 0.0629. The van der Waals surface area contributed by atoms with Gasteiger partial charge in [-0.2, -0.15) is 4.31 Å². The Morgan fingerprint density at radius 2 is 1.77 bits per heavy atom. The Morgan fingerprint density at radius 1 is 1.13 bits per heavy atom. The molecule has 214 valence electrons. The Labute approximate surface area is 242 Å². The molecule has 2 heterocycles. The number of nitro groups is 1. The highest BCUT2D eigenvalue weighted by atomic mass is 79.9. The van der Waals surface area contributed by atoms with Gasteiger partial charge in [0, 0.05) is 47.7 Å². The van der Waals surface area contributed by atoms with Gasteiger partial charge in [0.25, 0.3) is 5.69 Å². The largest absolute Gasteiger partial charge is 0.415 e. The first-order valence-corrected chi connectivity index (χ1v) is 18.7. The lowest BCUT2D eigenvalue weighted by Crippen LogP contribution is -2.70. The molecule has 8 nitrogen and oxygen atoms in total. The van der Waals surface area contributed by atoms with E-state index in [1.807, 2.05) is 12.1 Å². The molecule has 0 N–H and O–H groups in total. The third kappa shape index (κ3) is 6.03. The average Bonchev–Trinajstić information content (AvgIpc) is 2.84. The van der Waals surface area contributed by atoms with E-state index >= 15 is 0 Å². The summed E-state index contributed by atoms with van der Waals surface area (Å²) < 4.78 is 36.9. The van der Waals surface area contributed by atoms with E-state index in [2.05, 4.69) is 73.8 Å². The maximum absolute atomic E-state index is 13.8. The number of fused-ring (bicyclic) bond motifs is 1. The predicted octanol–water partition coefficient (Wildman–Crippen LogP) is 6.39. The number of halogens is 1. The third-order valence-corrected chi connectivity index (χ3v) is 15.8. The molecule has 2 aliphatic heterocycles. The van der Waals surface area contributed by atoms with Crippen LogP contribution in [0.4, 0.5) is 5.69 Å². The molecule has 0 spiro atoms. The Kier molecular flexibility index (Phi) is 8.81. The number of nitro benzene ring substituents is 1. The van der Waals surface area contributed by atoms with E-state index in [0.717, 1.165) is 16.5 Å². The first kappa shape index (κ1) is 30.3. The average molecular weight is 639 g/mol. The summed E-state index contributed by atoms with van der Waals surface area (Å²) in [6, 6.07) is 14.2. The summed E-state index contributed by atoms with van der Waals surface area (Å²) in [5, 5.41) is 11.8. The Balaban J connectivity index is 1.70. The number of para-hydroxylation sites is 1. The van der Waals surface area contributed by atoms with Gasteiger partial charge in [-0.05, 0) is 61.7 Å². The quantitative estimate of drug-likeness (QED) is 0.198. The predicted molar refractivity (Wildman–Crippen MR) is 160 cm³/mol. The first-order chi connectivity index (χ1) is 18.1. The van der Waals surface area contributed by atoms with Crippen molar-refractivity contribution in [2.24, 2.45) is 0 Å². The second-order valence-corrected chi connectivity index (χ2v) is 19.9. The van der Waals surface area contributed by atoms with Crippen molar-refractivity contribution in [3.8, 4) is 0 Å². The number of hydrogen-bond donors (Lipinski definition) is 0. The van der Waals surface area contributed by atoms with Crippen molar-refractivity contribution < 1.29 is 17.8 Å². The van der Waals surface area contributed by atoms with Crippen molar-refractivity contribution in [1.82, 2.24) is 9.21 Å². The van der Waals surface area contributed by atoms with Crippen LogP contribution in [0.1, 0.15) is 52.0 Å². The van der Waals surface area contributed by atoms with Crippen LogP contribution in [0.15, 0.2) is 57.9 Å². The second-order valence-electron chi connectivity index (χ2n) is 12.3. The minimum atomic E-state index is -4.07. The van der Waals surface area contributed by atoms with Gasteiger partial charge in [-0.25, -0.2) is 8.42 Å². The van der Waals surface area contributed by atoms with Crippen LogP contribution in [0.3, 0.4) is 0 Å². The summed E-state index contributed by atoms with van der Waals surface area (Å²) in [7, 11) is -6.07. The van der Waals surface area contributed by atoms with Crippen molar-refractivity contribution >= 4 is 40.0 Å². The highest BCUT2D eigenvalue weighted by molar-refractivity contribution is 9.10. The summed E-state index contributed by atoms with van der Waals surface area (Å²) in [4.78, 5) is 13.3. The molecule has 2 saturated heterocycles. The van der Waals surface area contributed by atoms with E-state index in [1.54, 1.807) is 6.07 Å². The number of benzene rings is 2.